The number of fused-ring (bicyclic) bond motifs is 4. The van der Waals surface area contributed by atoms with Gasteiger partial charge in [0.1, 0.15) is 16.5 Å². The number of benzene rings is 2. The first-order valence-corrected chi connectivity index (χ1v) is 14.4. The molecule has 0 amide bonds. The van der Waals surface area contributed by atoms with E-state index in [1.54, 1.807) is 18.5 Å². The molecule has 0 bridgehead atoms. The fraction of sp³-hybridized carbons (Fsp3) is 0.188. The van der Waals surface area contributed by atoms with E-state index in [9.17, 15) is 17.6 Å². The van der Waals surface area contributed by atoms with Crippen LogP contribution in [0.1, 0.15) is 53.1 Å². The number of nitrogens with one attached hydrogen (secondary N) is 1. The minimum Gasteiger partial charge on any atom is -0.360 e. The number of halogens is 1. The molecule has 0 fully saturated rings. The van der Waals surface area contributed by atoms with Crippen LogP contribution in [0, 0.1) is 5.82 Å². The normalized spacial score (nSPS) is 21.4. The fourth-order valence-electron chi connectivity index (χ4n) is 6.01. The third kappa shape index (κ3) is 4.57. The molecular weight excluding hydrogens is 511 g/mol. The second-order valence-corrected chi connectivity index (χ2v) is 11.2. The SMILES string of the molecule is CC1C=CC(CC[SH](=O)=O)=c2ccc3c(c21)C(=O)C=C1C(C2=CN=CC=CN2)=CCC(c2ccc(F)cc2)C=31. The maximum absolute atomic E-state index is 13.9. The largest absolute Gasteiger partial charge is 0.360 e. The van der Waals surface area contributed by atoms with Crippen molar-refractivity contribution in [3.05, 3.63) is 129 Å². The van der Waals surface area contributed by atoms with Gasteiger partial charge >= 0.3 is 0 Å². The molecule has 7 heteroatoms. The average Bonchev–Trinajstić information content (AvgIpc) is 3.22. The number of nitrogens with zero attached hydrogens (tertiary/aromatic N) is 1. The van der Waals surface area contributed by atoms with Gasteiger partial charge in [-0.3, -0.25) is 9.79 Å². The molecule has 1 heterocycles. The Morgan fingerprint density at radius 2 is 1.87 bits per heavy atom. The van der Waals surface area contributed by atoms with Gasteiger partial charge in [0.15, 0.2) is 5.78 Å². The van der Waals surface area contributed by atoms with Crippen molar-refractivity contribution < 1.29 is 17.6 Å². The van der Waals surface area contributed by atoms with E-state index in [0.29, 0.717) is 18.4 Å². The van der Waals surface area contributed by atoms with E-state index >= 15 is 0 Å². The van der Waals surface area contributed by atoms with Crippen LogP contribution in [0.2, 0.25) is 0 Å². The van der Waals surface area contributed by atoms with Gasteiger partial charge in [0, 0.05) is 35.4 Å². The molecule has 4 aliphatic rings. The molecule has 0 aromatic heterocycles. The van der Waals surface area contributed by atoms with Crippen molar-refractivity contribution in [2.75, 3.05) is 5.75 Å². The monoisotopic (exact) mass is 538 g/mol. The number of thiol groups is 1. The van der Waals surface area contributed by atoms with E-state index in [-0.39, 0.29) is 29.2 Å². The van der Waals surface area contributed by atoms with Crippen LogP contribution in [0.4, 0.5) is 4.39 Å². The van der Waals surface area contributed by atoms with E-state index in [0.717, 1.165) is 49.6 Å². The molecule has 0 saturated heterocycles. The van der Waals surface area contributed by atoms with Crippen molar-refractivity contribution in [3.63, 3.8) is 0 Å². The maximum atomic E-state index is 13.9. The Morgan fingerprint density at radius 3 is 2.67 bits per heavy atom. The lowest BCUT2D eigenvalue weighted by Gasteiger charge is -2.33. The van der Waals surface area contributed by atoms with Crippen molar-refractivity contribution in [2.45, 2.75) is 31.6 Å². The summed E-state index contributed by atoms with van der Waals surface area (Å²) in [5.74, 6) is -0.377. The number of carbonyl (C=O) groups excluding carboxylic acids is 1. The van der Waals surface area contributed by atoms with Crippen LogP contribution in [0.15, 0.2) is 101 Å². The minimum atomic E-state index is -2.50. The number of hydrogen-bond acceptors (Lipinski definition) is 5. The quantitative estimate of drug-likeness (QED) is 0.563. The van der Waals surface area contributed by atoms with Crippen LogP contribution in [-0.4, -0.2) is 26.2 Å². The second-order valence-electron chi connectivity index (χ2n) is 10.1. The molecule has 0 spiro atoms. The zero-order valence-corrected chi connectivity index (χ0v) is 22.3. The summed E-state index contributed by atoms with van der Waals surface area (Å²) in [5, 5.41) is 5.09. The Hall–Kier alpha value is -4.10. The molecule has 6 rings (SSSR count). The lowest BCUT2D eigenvalue weighted by molar-refractivity contribution is 0.104. The molecule has 2 atom stereocenters. The van der Waals surface area contributed by atoms with Gasteiger partial charge in [0.2, 0.25) is 0 Å². The number of allylic oxidation sites excluding steroid dienone is 6. The summed E-state index contributed by atoms with van der Waals surface area (Å²) >= 11 is 0. The Balaban J connectivity index is 1.63. The predicted molar refractivity (Wildman–Crippen MR) is 153 cm³/mol. The van der Waals surface area contributed by atoms with E-state index < -0.39 is 10.7 Å². The fourth-order valence-corrected chi connectivity index (χ4v) is 6.44. The highest BCUT2D eigenvalue weighted by atomic mass is 32.2. The van der Waals surface area contributed by atoms with Gasteiger partial charge in [-0.1, -0.05) is 49.4 Å². The van der Waals surface area contributed by atoms with Crippen LogP contribution < -0.4 is 15.8 Å². The van der Waals surface area contributed by atoms with Crippen molar-refractivity contribution in [1.29, 1.82) is 0 Å². The third-order valence-electron chi connectivity index (χ3n) is 7.77. The van der Waals surface area contributed by atoms with Crippen LogP contribution in [0.25, 0.3) is 11.1 Å². The third-order valence-corrected chi connectivity index (χ3v) is 8.36. The summed E-state index contributed by atoms with van der Waals surface area (Å²) in [6, 6.07) is 10.6. The first-order valence-electron chi connectivity index (χ1n) is 13.0. The maximum Gasteiger partial charge on any atom is 0.187 e. The van der Waals surface area contributed by atoms with Gasteiger partial charge in [-0.2, -0.15) is 0 Å². The highest BCUT2D eigenvalue weighted by Crippen LogP contribution is 2.44. The number of ketones is 1. The zero-order valence-electron chi connectivity index (χ0n) is 21.4. The van der Waals surface area contributed by atoms with Crippen LogP contribution >= 0.6 is 0 Å². The minimum absolute atomic E-state index is 0.00667. The number of carbonyl (C=O) groups is 1. The van der Waals surface area contributed by atoms with Gasteiger partial charge in [0.25, 0.3) is 0 Å². The predicted octanol–water partition coefficient (Wildman–Crippen LogP) is 4.07. The molecular formula is C32H27FN2O3S. The lowest BCUT2D eigenvalue weighted by atomic mass is 9.71. The van der Waals surface area contributed by atoms with Crippen molar-refractivity contribution in [3.8, 4) is 0 Å². The number of rotatable bonds is 5. The first-order chi connectivity index (χ1) is 18.9. The summed E-state index contributed by atoms with van der Waals surface area (Å²) in [5.41, 5.74) is 7.08. The molecule has 1 N–H and O–H groups in total. The second kappa shape index (κ2) is 10.2. The highest BCUT2D eigenvalue weighted by molar-refractivity contribution is 7.72. The summed E-state index contributed by atoms with van der Waals surface area (Å²) in [6.45, 7) is 2.06. The van der Waals surface area contributed by atoms with Gasteiger partial charge in [-0.25, -0.2) is 12.8 Å². The number of aliphatic imine (C=N–C) groups is 1. The summed E-state index contributed by atoms with van der Waals surface area (Å²) in [4.78, 5) is 18.3. The summed E-state index contributed by atoms with van der Waals surface area (Å²) < 4.78 is 36.5. The van der Waals surface area contributed by atoms with Gasteiger partial charge < -0.3 is 5.32 Å². The van der Waals surface area contributed by atoms with Crippen molar-refractivity contribution in [2.24, 2.45) is 4.99 Å². The van der Waals surface area contributed by atoms with Crippen molar-refractivity contribution >= 4 is 33.8 Å². The van der Waals surface area contributed by atoms with E-state index in [1.807, 2.05) is 48.7 Å². The Labute approximate surface area is 227 Å². The van der Waals surface area contributed by atoms with E-state index in [4.69, 9.17) is 0 Å². The highest BCUT2D eigenvalue weighted by Gasteiger charge is 2.34. The Kier molecular flexibility index (Phi) is 6.61. The molecule has 5 nitrogen and oxygen atoms in total. The molecule has 1 aliphatic heterocycles. The van der Waals surface area contributed by atoms with E-state index in [1.165, 1.54) is 12.1 Å². The molecule has 2 unspecified atom stereocenters. The van der Waals surface area contributed by atoms with Crippen LogP contribution in [0.3, 0.4) is 0 Å². The zero-order chi connectivity index (χ0) is 27.1. The first kappa shape index (κ1) is 25.2. The molecule has 39 heavy (non-hydrogen) atoms. The van der Waals surface area contributed by atoms with E-state index in [2.05, 4.69) is 23.3 Å². The van der Waals surface area contributed by atoms with Gasteiger partial charge in [-0.05, 0) is 75.4 Å². The molecule has 2 aromatic rings. The average molecular weight is 539 g/mol. The molecule has 0 saturated carbocycles. The summed E-state index contributed by atoms with van der Waals surface area (Å²) in [7, 11) is -2.50. The van der Waals surface area contributed by atoms with Gasteiger partial charge in [0.05, 0.1) is 17.6 Å². The smallest absolute Gasteiger partial charge is 0.187 e. The van der Waals surface area contributed by atoms with Gasteiger partial charge in [-0.15, -0.1) is 0 Å². The van der Waals surface area contributed by atoms with Crippen LogP contribution in [-0.2, 0) is 10.7 Å². The molecule has 3 aliphatic carbocycles. The topological polar surface area (TPSA) is 75.6 Å². The lowest BCUT2D eigenvalue weighted by Crippen LogP contribution is -2.34. The Morgan fingerprint density at radius 1 is 1.08 bits per heavy atom. The molecule has 0 radical (unpaired) electrons. The van der Waals surface area contributed by atoms with Crippen LogP contribution in [0.5, 0.6) is 0 Å². The van der Waals surface area contributed by atoms with Crippen molar-refractivity contribution in [1.82, 2.24) is 5.32 Å². The molecule has 2 aromatic carbocycles. The Bertz CT molecular complexity index is 1780. The molecule has 196 valence electrons. The summed E-state index contributed by atoms with van der Waals surface area (Å²) in [6.07, 6.45) is 16.0. The number of hydrogen-bond donors (Lipinski definition) is 2. The standard InChI is InChI=1S/C32H27FN2O3S/c1-19-3-4-21(13-16-39(37)38)23-10-12-26-31-24(20-5-7-22(33)8-6-20)9-11-25(28-18-34-14-2-15-35-28)27(31)17-29(36)32(26)30(19)23/h2-8,10-12,14-15,17-19,24,35,39H,9,13,16H2,1H3.